The zero-order valence-electron chi connectivity index (χ0n) is 14.8. The summed E-state index contributed by atoms with van der Waals surface area (Å²) in [4.78, 5) is 27.9. The van der Waals surface area contributed by atoms with Gasteiger partial charge in [0.15, 0.2) is 18.7 Å². The number of rotatable bonds is 9. The van der Waals surface area contributed by atoms with Crippen molar-refractivity contribution in [3.63, 3.8) is 0 Å². The summed E-state index contributed by atoms with van der Waals surface area (Å²) >= 11 is 0. The van der Waals surface area contributed by atoms with Gasteiger partial charge in [0.25, 0.3) is 5.91 Å². The predicted octanol–water partition coefficient (Wildman–Crippen LogP) is 2.88. The van der Waals surface area contributed by atoms with E-state index in [-0.39, 0.29) is 22.2 Å². The zero-order chi connectivity index (χ0) is 19.0. The van der Waals surface area contributed by atoms with E-state index in [1.54, 1.807) is 24.7 Å². The van der Waals surface area contributed by atoms with E-state index in [0.29, 0.717) is 5.82 Å². The van der Waals surface area contributed by atoms with Crippen molar-refractivity contribution in [1.29, 1.82) is 5.26 Å². The lowest BCUT2D eigenvalue weighted by Crippen LogP contribution is -2.41. The molecule has 0 saturated heterocycles. The number of aliphatic imine (C=N–C) groups is 1. The Kier molecular flexibility index (Phi) is 6.64. The quantitative estimate of drug-likeness (QED) is 0.404. The lowest BCUT2D eigenvalue weighted by atomic mass is 10.1. The molecule has 1 amide bonds. The first-order valence-electron chi connectivity index (χ1n) is 8.66. The number of hydrogen-bond acceptors (Lipinski definition) is 4. The van der Waals surface area contributed by atoms with E-state index in [2.05, 4.69) is 23.3 Å². The van der Waals surface area contributed by atoms with E-state index in [1.807, 2.05) is 0 Å². The van der Waals surface area contributed by atoms with Crippen molar-refractivity contribution < 1.29 is 19.2 Å². The molecular weight excluding hydrogens is 332 g/mol. The maximum atomic E-state index is 12.4. The third-order valence-electron chi connectivity index (χ3n) is 4.24. The molecule has 1 aliphatic rings. The molecule has 136 valence electrons. The van der Waals surface area contributed by atoms with E-state index in [1.165, 1.54) is 12.1 Å². The van der Waals surface area contributed by atoms with Gasteiger partial charge in [-0.05, 0) is 25.0 Å². The minimum atomic E-state index is -1.16. The van der Waals surface area contributed by atoms with Gasteiger partial charge in [-0.1, -0.05) is 31.9 Å². The summed E-state index contributed by atoms with van der Waals surface area (Å²) in [5.74, 6) is -1.36. The fourth-order valence-corrected chi connectivity index (χ4v) is 2.86. The molecule has 1 aliphatic heterocycles. The molecule has 7 nitrogen and oxygen atoms in total. The van der Waals surface area contributed by atoms with Crippen molar-refractivity contribution in [3.05, 3.63) is 47.4 Å². The number of carbonyl (C=O) groups excluding carboxylic acids is 1. The van der Waals surface area contributed by atoms with Crippen LogP contribution in [0.2, 0.25) is 0 Å². The molecule has 1 atom stereocenters. The van der Waals surface area contributed by atoms with Crippen molar-refractivity contribution in [2.45, 2.75) is 32.6 Å². The number of amides is 1. The summed E-state index contributed by atoms with van der Waals surface area (Å²) in [6.07, 6.45) is 7.72. The van der Waals surface area contributed by atoms with Gasteiger partial charge in [0.2, 0.25) is 0 Å². The number of nitrogens with one attached hydrogen (secondary N) is 1. The predicted molar refractivity (Wildman–Crippen MR) is 97.2 cm³/mol. The van der Waals surface area contributed by atoms with Crippen molar-refractivity contribution >= 4 is 18.2 Å². The summed E-state index contributed by atoms with van der Waals surface area (Å²) in [6.45, 7) is 3.11. The van der Waals surface area contributed by atoms with Gasteiger partial charge in [0.05, 0.1) is 17.7 Å². The van der Waals surface area contributed by atoms with E-state index in [4.69, 9.17) is 5.26 Å². The van der Waals surface area contributed by atoms with E-state index < -0.39 is 11.9 Å². The van der Waals surface area contributed by atoms with Crippen LogP contribution in [0, 0.1) is 11.3 Å². The van der Waals surface area contributed by atoms with Gasteiger partial charge in [0.1, 0.15) is 12.3 Å². The van der Waals surface area contributed by atoms with Gasteiger partial charge in [-0.15, -0.1) is 0 Å². The monoisotopic (exact) mass is 355 g/mol. The van der Waals surface area contributed by atoms with Crippen LogP contribution < -0.4 is 5.32 Å². The topological polar surface area (TPSA) is 103 Å². The molecule has 0 radical (unpaired) electrons. The second-order valence-electron chi connectivity index (χ2n) is 6.27. The smallest absolute Gasteiger partial charge is 0.336 e. The highest BCUT2D eigenvalue weighted by Gasteiger charge is 2.30. The second kappa shape index (κ2) is 8.92. The van der Waals surface area contributed by atoms with Crippen LogP contribution in [0.25, 0.3) is 0 Å². The lowest BCUT2D eigenvalue weighted by Gasteiger charge is -2.24. The molecule has 1 heterocycles. The number of benzene rings is 1. The Morgan fingerprint density at radius 2 is 1.96 bits per heavy atom. The van der Waals surface area contributed by atoms with Crippen molar-refractivity contribution in [2.75, 3.05) is 13.1 Å². The number of unbranched alkanes of at least 4 members (excludes halogenated alkanes) is 3. The number of hydrogen-bond donors (Lipinski definition) is 2. The average molecular weight is 355 g/mol. The minimum Gasteiger partial charge on any atom is -0.478 e. The number of aromatic carboxylic acids is 1. The van der Waals surface area contributed by atoms with Crippen molar-refractivity contribution in [1.82, 2.24) is 5.32 Å². The molecule has 1 unspecified atom stereocenters. The number of nitrogens with zero attached hydrogens (tertiary/aromatic N) is 3. The number of nitriles is 1. The molecule has 0 aromatic heterocycles. The Labute approximate surface area is 152 Å². The largest absolute Gasteiger partial charge is 0.478 e. The zero-order valence-corrected chi connectivity index (χ0v) is 14.8. The summed E-state index contributed by atoms with van der Waals surface area (Å²) in [6, 6.07) is 8.18. The van der Waals surface area contributed by atoms with Gasteiger partial charge in [0, 0.05) is 0 Å². The Morgan fingerprint density at radius 1 is 1.23 bits per heavy atom. The SMILES string of the molecule is CCCCCC[N+]1(CC#N)C=NC(NC(=O)c2ccccc2C(=O)O)=C1. The van der Waals surface area contributed by atoms with Crippen LogP contribution in [0.1, 0.15) is 53.3 Å². The summed E-state index contributed by atoms with van der Waals surface area (Å²) in [5.41, 5.74) is 0.00856. The van der Waals surface area contributed by atoms with Gasteiger partial charge in [-0.2, -0.15) is 10.3 Å². The molecule has 2 N–H and O–H groups in total. The van der Waals surface area contributed by atoms with Crippen LogP contribution in [0.15, 0.2) is 41.3 Å². The van der Waals surface area contributed by atoms with Crippen LogP contribution in [0.4, 0.5) is 0 Å². The summed E-state index contributed by atoms with van der Waals surface area (Å²) < 4.78 is 0.274. The molecule has 1 aromatic carbocycles. The molecule has 2 rings (SSSR count). The Balaban J connectivity index is 2.11. The standard InChI is InChI=1S/C19H22N4O3/c1-2-3-4-7-11-23(12-10-20)13-17(21-14-23)22-18(24)15-8-5-6-9-16(15)19(25)26/h5-6,8-9,13-14H,2-4,7,11-12H2,1H3,(H-,22,24,25,26)/p+1. The first-order chi connectivity index (χ1) is 12.5. The Hall–Kier alpha value is -2.98. The first-order valence-corrected chi connectivity index (χ1v) is 8.66. The van der Waals surface area contributed by atoms with Gasteiger partial charge >= 0.3 is 5.97 Å². The highest BCUT2D eigenvalue weighted by atomic mass is 16.4. The average Bonchev–Trinajstić information content (AvgIpc) is 3.02. The molecule has 0 spiro atoms. The van der Waals surface area contributed by atoms with Gasteiger partial charge in [-0.25, -0.2) is 9.28 Å². The minimum absolute atomic E-state index is 0.0649. The van der Waals surface area contributed by atoms with Crippen LogP contribution >= 0.6 is 0 Å². The molecule has 0 aliphatic carbocycles. The van der Waals surface area contributed by atoms with Crippen LogP contribution in [0.5, 0.6) is 0 Å². The fourth-order valence-electron chi connectivity index (χ4n) is 2.86. The highest BCUT2D eigenvalue weighted by Crippen LogP contribution is 2.18. The number of quaternary nitrogens is 1. The third kappa shape index (κ3) is 4.77. The van der Waals surface area contributed by atoms with Crippen molar-refractivity contribution in [3.8, 4) is 6.07 Å². The van der Waals surface area contributed by atoms with E-state index in [0.717, 1.165) is 32.2 Å². The Morgan fingerprint density at radius 3 is 2.62 bits per heavy atom. The third-order valence-corrected chi connectivity index (χ3v) is 4.24. The number of carboxylic acid groups (broad SMARTS) is 1. The van der Waals surface area contributed by atoms with Gasteiger partial charge in [-0.3, -0.25) is 4.79 Å². The molecule has 1 aromatic rings. The van der Waals surface area contributed by atoms with E-state index >= 15 is 0 Å². The van der Waals surface area contributed by atoms with Crippen LogP contribution in [0.3, 0.4) is 0 Å². The molecule has 0 fully saturated rings. The lowest BCUT2D eigenvalue weighted by molar-refractivity contribution is -0.771. The maximum Gasteiger partial charge on any atom is 0.336 e. The highest BCUT2D eigenvalue weighted by molar-refractivity contribution is 6.05. The molecule has 7 heteroatoms. The number of carboxylic acids is 1. The molecular formula is C19H23N4O3+. The van der Waals surface area contributed by atoms with Crippen LogP contribution in [-0.4, -0.2) is 40.9 Å². The summed E-state index contributed by atoms with van der Waals surface area (Å²) in [5, 5.41) is 21.0. The van der Waals surface area contributed by atoms with Crippen LogP contribution in [-0.2, 0) is 0 Å². The second-order valence-corrected chi connectivity index (χ2v) is 6.27. The summed E-state index contributed by atoms with van der Waals surface area (Å²) in [7, 11) is 0. The normalized spacial score (nSPS) is 18.2. The molecule has 26 heavy (non-hydrogen) atoms. The molecule has 0 saturated carbocycles. The van der Waals surface area contributed by atoms with Crippen molar-refractivity contribution in [2.24, 2.45) is 4.99 Å². The van der Waals surface area contributed by atoms with E-state index in [9.17, 15) is 14.7 Å². The number of carbonyl (C=O) groups is 2. The van der Waals surface area contributed by atoms with Gasteiger partial charge < -0.3 is 10.4 Å². The molecule has 0 bridgehead atoms. The maximum absolute atomic E-state index is 12.4. The first kappa shape index (κ1) is 19.3. The Bertz CT molecular complexity index is 779. The fraction of sp³-hybridized carbons (Fsp3) is 0.368.